The van der Waals surface area contributed by atoms with Crippen molar-refractivity contribution in [1.29, 1.82) is 0 Å². The summed E-state index contributed by atoms with van der Waals surface area (Å²) in [6.45, 7) is 15.0. The second kappa shape index (κ2) is 33.1. The fraction of sp³-hybridized carbons (Fsp3) is 0.0635. The highest BCUT2D eigenvalue weighted by atomic mass is 15.0. The first-order chi connectivity index (χ1) is 63.0. The lowest BCUT2D eigenvalue weighted by Gasteiger charge is -2.20. The van der Waals surface area contributed by atoms with Crippen LogP contribution in [0.2, 0.25) is 0 Å². The highest BCUT2D eigenvalue weighted by Crippen LogP contribution is 2.51. The number of para-hydroxylation sites is 2. The van der Waals surface area contributed by atoms with Gasteiger partial charge in [-0.05, 0) is 290 Å². The molecule has 0 N–H and O–H groups in total. The summed E-state index contributed by atoms with van der Waals surface area (Å²) in [5.41, 5.74) is 41.9. The van der Waals surface area contributed by atoms with Gasteiger partial charge in [0.1, 0.15) is 0 Å². The zero-order chi connectivity index (χ0) is 86.0. The molecule has 0 aliphatic heterocycles. The van der Waals surface area contributed by atoms with Crippen molar-refractivity contribution in [3.63, 3.8) is 0 Å². The van der Waals surface area contributed by atoms with Crippen LogP contribution in [0.15, 0.2) is 437 Å². The van der Waals surface area contributed by atoms with Gasteiger partial charge in [0.15, 0.2) is 0 Å². The first kappa shape index (κ1) is 78.3. The Kier molecular flexibility index (Phi) is 20.2. The van der Waals surface area contributed by atoms with E-state index in [1.54, 1.807) is 0 Å². The van der Waals surface area contributed by atoms with Gasteiger partial charge in [0.2, 0.25) is 0 Å². The van der Waals surface area contributed by atoms with Crippen LogP contribution < -0.4 is 0 Å². The van der Waals surface area contributed by atoms with E-state index < -0.39 is 0 Å². The number of nitrogens with zero attached hydrogens (tertiary/aromatic N) is 2. The molecule has 0 aliphatic rings. The van der Waals surface area contributed by atoms with E-state index in [0.29, 0.717) is 0 Å². The Hall–Kier alpha value is -15.7. The third-order valence-electron chi connectivity index (χ3n) is 26.6. The van der Waals surface area contributed by atoms with Gasteiger partial charge in [0, 0.05) is 56.7 Å². The molecule has 21 aromatic carbocycles. The van der Waals surface area contributed by atoms with Crippen LogP contribution >= 0.6 is 0 Å². The Morgan fingerprint density at radius 2 is 0.320 bits per heavy atom. The molecule has 2 nitrogen and oxygen atoms in total. The predicted molar refractivity (Wildman–Crippen MR) is 550 cm³/mol. The monoisotopic (exact) mass is 1630 g/mol. The van der Waals surface area contributed by atoms with Gasteiger partial charge in [-0.1, -0.05) is 398 Å². The molecular formula is C126H94N2. The zero-order valence-electron chi connectivity index (χ0n) is 72.9. The number of rotatable bonds is 15. The van der Waals surface area contributed by atoms with E-state index in [9.17, 15) is 0 Å². The maximum Gasteiger partial charge on any atom is 0.0491 e. The van der Waals surface area contributed by atoms with E-state index in [2.05, 4.69) is 487 Å². The topological polar surface area (TPSA) is 9.86 Å². The molecule has 0 unspecified atom stereocenters. The molecule has 2 heterocycles. The average molecular weight is 1640 g/mol. The lowest BCUT2D eigenvalue weighted by molar-refractivity contribution is 0.827. The van der Waals surface area contributed by atoms with Crippen molar-refractivity contribution >= 4 is 86.7 Å². The molecule has 0 radical (unpaired) electrons. The normalized spacial score (nSPS) is 11.6. The van der Waals surface area contributed by atoms with Crippen LogP contribution in [-0.4, -0.2) is 9.13 Å². The third kappa shape index (κ3) is 14.4. The molecular weight excluding hydrogens is 1540 g/mol. The van der Waals surface area contributed by atoms with E-state index in [4.69, 9.17) is 0 Å². The summed E-state index contributed by atoms with van der Waals surface area (Å²) in [4.78, 5) is 0. The summed E-state index contributed by atoms with van der Waals surface area (Å²) in [6.07, 6.45) is 0. The number of aromatic nitrogens is 2. The van der Waals surface area contributed by atoms with E-state index in [-0.39, 0.29) is 0 Å². The lowest BCUT2D eigenvalue weighted by Crippen LogP contribution is -1.93. The number of benzene rings is 21. The lowest BCUT2D eigenvalue weighted by atomic mass is 9.83. The van der Waals surface area contributed by atoms with Crippen LogP contribution in [0.25, 0.3) is 231 Å². The first-order valence-electron chi connectivity index (χ1n) is 45.0. The summed E-state index contributed by atoms with van der Waals surface area (Å²) in [5, 5.41) is 15.2. The van der Waals surface area contributed by atoms with Crippen LogP contribution in [0.1, 0.15) is 36.1 Å². The molecule has 2 aromatic heterocycles. The minimum Gasteiger partial charge on any atom is -0.341 e. The van der Waals surface area contributed by atoms with Crippen molar-refractivity contribution in [2.24, 2.45) is 0 Å². The molecule has 608 valence electrons. The summed E-state index contributed by atoms with van der Waals surface area (Å²) in [7, 11) is 0. The number of fused-ring (bicyclic) bond motifs is 10. The molecule has 0 saturated carbocycles. The van der Waals surface area contributed by atoms with Gasteiger partial charge in [0.25, 0.3) is 0 Å². The molecule has 0 atom stereocenters. The maximum atomic E-state index is 2.44. The molecule has 0 aliphatic carbocycles. The van der Waals surface area contributed by atoms with Crippen LogP contribution in [0, 0.1) is 27.7 Å². The third-order valence-corrected chi connectivity index (χ3v) is 26.6. The van der Waals surface area contributed by atoms with Crippen LogP contribution in [0.3, 0.4) is 0 Å². The SMILES string of the molecule is CCn1c2ccccc2c2cc(-c3ccc(-c4c5ccc(-c6cccc(C)c6)cc5c(-c5ccc(-c6ccc(-c7ccccc7)cc6)cc5)c5ccc(-c6cccc(C)c6)cc45)cc3)ccc21.CCn1c2ccccc2c2cc(-c3ccc(-c4c5ccc(-c6cccc(C)c6)cc5c(-c5ccc(-c6ccccc6)cc5)c5ccc(-c6cccc(C)c6)cc45)cc3)ccc21. The minimum absolute atomic E-state index is 0.937. The summed E-state index contributed by atoms with van der Waals surface area (Å²) >= 11 is 0. The highest BCUT2D eigenvalue weighted by Gasteiger charge is 2.24. The van der Waals surface area contributed by atoms with Crippen LogP contribution in [0.4, 0.5) is 0 Å². The molecule has 23 aromatic rings. The van der Waals surface area contributed by atoms with Gasteiger partial charge < -0.3 is 9.13 Å². The standard InChI is InChI=1S/C66H49N.C60H45N/c1-4-67-63-19-9-8-18-57(63)60-40-54(34-37-64(60)67)49-26-30-51(31-27-49)66-59-36-33-55(52-16-10-12-43(2)38-52)41-61(59)65(58-35-32-56(42-62(58)66)53-17-11-13-44(3)39-53)50-28-24-48(25-29-50)47-22-20-46(21-23-47)45-14-6-5-7-15-45;1-4-61-57-19-9-8-18-51(57)54-36-48(30-33-58(54)61)43-22-26-45(27-23-43)60-53-32-29-49(46-16-10-12-39(2)34-46)37-55(53)59(44-24-20-42(21-25-44)41-14-6-5-7-15-41)52-31-28-50(38-56(52)60)47-17-11-13-40(3)35-47/h5-42H,4H2,1-3H3;5-38H,4H2,1-3H3. The quantitative estimate of drug-likeness (QED) is 0.0906. The number of hydrogen-bond acceptors (Lipinski definition) is 0. The van der Waals surface area contributed by atoms with Crippen molar-refractivity contribution in [1.82, 2.24) is 9.13 Å². The van der Waals surface area contributed by atoms with E-state index in [1.165, 1.54) is 254 Å². The van der Waals surface area contributed by atoms with Crippen LogP contribution in [-0.2, 0) is 13.1 Å². The Labute approximate surface area is 748 Å². The number of hydrogen-bond donors (Lipinski definition) is 0. The fourth-order valence-corrected chi connectivity index (χ4v) is 20.3. The van der Waals surface area contributed by atoms with Gasteiger partial charge in [-0.15, -0.1) is 0 Å². The molecule has 0 saturated heterocycles. The maximum absolute atomic E-state index is 2.44. The van der Waals surface area contributed by atoms with Crippen molar-refractivity contribution < 1.29 is 0 Å². The smallest absolute Gasteiger partial charge is 0.0491 e. The van der Waals surface area contributed by atoms with Crippen molar-refractivity contribution in [2.45, 2.75) is 54.6 Å². The Balaban J connectivity index is 0.000000151. The average Bonchev–Trinajstić information content (AvgIpc) is 1.07. The molecule has 23 rings (SSSR count). The zero-order valence-corrected chi connectivity index (χ0v) is 72.9. The van der Waals surface area contributed by atoms with E-state index in [1.807, 2.05) is 0 Å². The van der Waals surface area contributed by atoms with Gasteiger partial charge in [0.05, 0.1) is 0 Å². The second-order valence-electron chi connectivity index (χ2n) is 34.6. The van der Waals surface area contributed by atoms with Gasteiger partial charge in [-0.3, -0.25) is 0 Å². The van der Waals surface area contributed by atoms with Crippen LogP contribution in [0.5, 0.6) is 0 Å². The van der Waals surface area contributed by atoms with E-state index in [0.717, 1.165) is 13.1 Å². The van der Waals surface area contributed by atoms with Crippen molar-refractivity contribution in [2.75, 3.05) is 0 Å². The van der Waals surface area contributed by atoms with E-state index >= 15 is 0 Å². The number of aryl methyl sites for hydroxylation is 6. The van der Waals surface area contributed by atoms with Gasteiger partial charge in [-0.2, -0.15) is 0 Å². The largest absolute Gasteiger partial charge is 0.341 e. The summed E-state index contributed by atoms with van der Waals surface area (Å²) < 4.78 is 4.84. The molecule has 0 amide bonds. The molecule has 2 heteroatoms. The summed E-state index contributed by atoms with van der Waals surface area (Å²) in [5.74, 6) is 0. The van der Waals surface area contributed by atoms with Gasteiger partial charge in [-0.25, -0.2) is 0 Å². The Morgan fingerprint density at radius 1 is 0.133 bits per heavy atom. The van der Waals surface area contributed by atoms with Crippen molar-refractivity contribution in [3.05, 3.63) is 459 Å². The fourth-order valence-electron chi connectivity index (χ4n) is 20.3. The summed E-state index contributed by atoms with van der Waals surface area (Å²) in [6, 6.07) is 163. The molecule has 0 spiro atoms. The molecule has 0 fully saturated rings. The Morgan fingerprint density at radius 3 is 0.586 bits per heavy atom. The first-order valence-corrected chi connectivity index (χ1v) is 45.0. The van der Waals surface area contributed by atoms with Gasteiger partial charge >= 0.3 is 0 Å². The van der Waals surface area contributed by atoms with Crippen molar-refractivity contribution in [3.8, 4) is 145 Å². The molecule has 128 heavy (non-hydrogen) atoms. The highest BCUT2D eigenvalue weighted by molar-refractivity contribution is 6.25. The minimum atomic E-state index is 0.937. The molecule has 0 bridgehead atoms. The second-order valence-corrected chi connectivity index (χ2v) is 34.6. The predicted octanol–water partition coefficient (Wildman–Crippen LogP) is 35.1. The Bertz CT molecular complexity index is 8230.